The van der Waals surface area contributed by atoms with Gasteiger partial charge < -0.3 is 9.84 Å². The molecule has 0 amide bonds. The SMILES string of the molecule is N#Cc1ccc(C#Cc2ccc(Oc3nn[nH]c3C(=O)O)cc2F)cc1. The summed E-state index contributed by atoms with van der Waals surface area (Å²) in [6, 6.07) is 12.5. The number of nitrogens with one attached hydrogen (secondary N) is 1. The van der Waals surface area contributed by atoms with E-state index in [0.717, 1.165) is 6.07 Å². The zero-order valence-electron chi connectivity index (χ0n) is 13.0. The second-order valence-electron chi connectivity index (χ2n) is 4.98. The van der Waals surface area contributed by atoms with Gasteiger partial charge in [0.15, 0.2) is 0 Å². The number of aromatic nitrogens is 3. The number of benzene rings is 2. The fourth-order valence-electron chi connectivity index (χ4n) is 1.97. The maximum atomic E-state index is 14.2. The Hall–Kier alpha value is -4.17. The molecule has 26 heavy (non-hydrogen) atoms. The lowest BCUT2D eigenvalue weighted by Crippen LogP contribution is -2.00. The van der Waals surface area contributed by atoms with Crippen molar-refractivity contribution in [1.29, 1.82) is 5.26 Å². The second-order valence-corrected chi connectivity index (χ2v) is 4.98. The predicted octanol–water partition coefficient (Wildman–Crippen LogP) is 2.71. The number of halogens is 1. The highest BCUT2D eigenvalue weighted by Gasteiger charge is 2.17. The van der Waals surface area contributed by atoms with Gasteiger partial charge in [-0.3, -0.25) is 0 Å². The average Bonchev–Trinajstić information content (AvgIpc) is 3.10. The molecule has 0 aliphatic heterocycles. The van der Waals surface area contributed by atoms with Crippen LogP contribution in [-0.2, 0) is 0 Å². The third-order valence-electron chi connectivity index (χ3n) is 3.24. The number of H-pyrrole nitrogens is 1. The maximum Gasteiger partial charge on any atom is 0.359 e. The Labute approximate surface area is 146 Å². The number of carboxylic acids is 1. The van der Waals surface area contributed by atoms with E-state index in [9.17, 15) is 9.18 Å². The van der Waals surface area contributed by atoms with Crippen molar-refractivity contribution in [2.24, 2.45) is 0 Å². The van der Waals surface area contributed by atoms with Gasteiger partial charge in [0.1, 0.15) is 11.6 Å². The fourth-order valence-corrected chi connectivity index (χ4v) is 1.97. The number of aromatic carboxylic acids is 1. The monoisotopic (exact) mass is 348 g/mol. The quantitative estimate of drug-likeness (QED) is 0.704. The highest BCUT2D eigenvalue weighted by molar-refractivity contribution is 5.87. The van der Waals surface area contributed by atoms with Crippen molar-refractivity contribution in [3.63, 3.8) is 0 Å². The van der Waals surface area contributed by atoms with Crippen LogP contribution in [0, 0.1) is 29.0 Å². The van der Waals surface area contributed by atoms with Crippen molar-refractivity contribution < 1.29 is 19.0 Å². The van der Waals surface area contributed by atoms with Gasteiger partial charge in [-0.05, 0) is 36.4 Å². The predicted molar refractivity (Wildman–Crippen MR) is 87.0 cm³/mol. The highest BCUT2D eigenvalue weighted by Crippen LogP contribution is 2.23. The lowest BCUT2D eigenvalue weighted by Gasteiger charge is -2.03. The summed E-state index contributed by atoms with van der Waals surface area (Å²) in [4.78, 5) is 11.0. The first-order valence-electron chi connectivity index (χ1n) is 7.21. The number of carbonyl (C=O) groups is 1. The summed E-state index contributed by atoms with van der Waals surface area (Å²) in [5.41, 5.74) is 0.949. The van der Waals surface area contributed by atoms with E-state index in [2.05, 4.69) is 27.3 Å². The molecule has 0 atom stereocenters. The zero-order chi connectivity index (χ0) is 18.5. The van der Waals surface area contributed by atoms with Gasteiger partial charge >= 0.3 is 5.97 Å². The molecule has 1 heterocycles. The maximum absolute atomic E-state index is 14.2. The first kappa shape index (κ1) is 16.7. The lowest BCUT2D eigenvalue weighted by atomic mass is 10.1. The van der Waals surface area contributed by atoms with E-state index in [-0.39, 0.29) is 22.9 Å². The van der Waals surface area contributed by atoms with Gasteiger partial charge in [0.25, 0.3) is 5.88 Å². The van der Waals surface area contributed by atoms with E-state index >= 15 is 0 Å². The minimum atomic E-state index is -1.30. The van der Waals surface area contributed by atoms with Crippen LogP contribution in [0.5, 0.6) is 11.6 Å². The number of ether oxygens (including phenoxy) is 1. The van der Waals surface area contributed by atoms with Crippen molar-refractivity contribution >= 4 is 5.97 Å². The number of aromatic amines is 1. The molecule has 0 fully saturated rings. The van der Waals surface area contributed by atoms with E-state index in [0.29, 0.717) is 11.1 Å². The average molecular weight is 348 g/mol. The summed E-state index contributed by atoms with van der Waals surface area (Å²) in [6.45, 7) is 0. The molecule has 0 aliphatic carbocycles. The molecule has 1 aromatic heterocycles. The van der Waals surface area contributed by atoms with Gasteiger partial charge in [-0.2, -0.15) is 5.26 Å². The van der Waals surface area contributed by atoms with Crippen LogP contribution in [0.2, 0.25) is 0 Å². The molecule has 3 aromatic rings. The Morgan fingerprint density at radius 2 is 1.88 bits per heavy atom. The molecule has 2 aromatic carbocycles. The van der Waals surface area contributed by atoms with Crippen molar-refractivity contribution in [3.8, 4) is 29.5 Å². The molecule has 0 unspecified atom stereocenters. The Morgan fingerprint density at radius 3 is 2.54 bits per heavy atom. The molecule has 0 radical (unpaired) electrons. The van der Waals surface area contributed by atoms with Crippen molar-refractivity contribution in [2.45, 2.75) is 0 Å². The topological polar surface area (TPSA) is 112 Å². The van der Waals surface area contributed by atoms with Gasteiger partial charge in [-0.1, -0.05) is 22.2 Å². The number of rotatable bonds is 3. The highest BCUT2D eigenvalue weighted by atomic mass is 19.1. The summed E-state index contributed by atoms with van der Waals surface area (Å²) in [5.74, 6) is 3.34. The van der Waals surface area contributed by atoms with Crippen molar-refractivity contribution in [3.05, 3.63) is 70.7 Å². The number of nitrogens with zero attached hydrogens (tertiary/aromatic N) is 3. The number of nitriles is 1. The van der Waals surface area contributed by atoms with E-state index in [1.165, 1.54) is 12.1 Å². The third kappa shape index (κ3) is 3.66. The fraction of sp³-hybridized carbons (Fsp3) is 0. The minimum absolute atomic E-state index is 0.0582. The molecular formula is C18H9FN4O3. The Morgan fingerprint density at radius 1 is 1.15 bits per heavy atom. The first-order chi connectivity index (χ1) is 12.6. The molecule has 8 heteroatoms. The molecular weight excluding hydrogens is 339 g/mol. The summed E-state index contributed by atoms with van der Waals surface area (Å²) < 4.78 is 19.4. The summed E-state index contributed by atoms with van der Waals surface area (Å²) in [7, 11) is 0. The third-order valence-corrected chi connectivity index (χ3v) is 3.24. The van der Waals surface area contributed by atoms with Crippen LogP contribution in [0.1, 0.15) is 27.2 Å². The molecule has 0 saturated heterocycles. The van der Waals surface area contributed by atoms with Gasteiger partial charge in [-0.15, -0.1) is 0 Å². The van der Waals surface area contributed by atoms with Gasteiger partial charge in [0.05, 0.1) is 17.2 Å². The molecule has 0 spiro atoms. The summed E-state index contributed by atoms with van der Waals surface area (Å²) >= 11 is 0. The Kier molecular flexibility index (Phi) is 4.59. The van der Waals surface area contributed by atoms with Crippen LogP contribution in [0.4, 0.5) is 4.39 Å². The first-order valence-corrected chi connectivity index (χ1v) is 7.21. The van der Waals surface area contributed by atoms with Gasteiger partial charge in [0.2, 0.25) is 5.69 Å². The van der Waals surface area contributed by atoms with Crippen LogP contribution < -0.4 is 4.74 Å². The summed E-state index contributed by atoms with van der Waals surface area (Å²) in [6.07, 6.45) is 0. The molecule has 126 valence electrons. The smallest absolute Gasteiger partial charge is 0.359 e. The lowest BCUT2D eigenvalue weighted by molar-refractivity contribution is 0.0687. The summed E-state index contributed by atoms with van der Waals surface area (Å²) in [5, 5.41) is 26.7. The molecule has 3 rings (SSSR count). The molecule has 0 saturated carbocycles. The Balaban J connectivity index is 1.80. The normalized spacial score (nSPS) is 9.69. The van der Waals surface area contributed by atoms with Crippen molar-refractivity contribution in [2.75, 3.05) is 0 Å². The van der Waals surface area contributed by atoms with Crippen LogP contribution in [-0.4, -0.2) is 26.5 Å². The van der Waals surface area contributed by atoms with Crippen LogP contribution >= 0.6 is 0 Å². The standard InChI is InChI=1S/C18H9FN4O3/c19-15-9-14(26-17-16(18(24)25)21-23-22-17)8-7-13(15)6-5-11-1-3-12(10-20)4-2-11/h1-4,7-9H,(H,24,25)(H,21,22,23). The van der Waals surface area contributed by atoms with Crippen molar-refractivity contribution in [1.82, 2.24) is 15.4 Å². The van der Waals surface area contributed by atoms with Crippen LogP contribution in [0.3, 0.4) is 0 Å². The number of hydrogen-bond donors (Lipinski definition) is 2. The van der Waals surface area contributed by atoms with E-state index in [1.807, 2.05) is 6.07 Å². The van der Waals surface area contributed by atoms with Crippen LogP contribution in [0.25, 0.3) is 0 Å². The number of hydrogen-bond acceptors (Lipinski definition) is 5. The van der Waals surface area contributed by atoms with Gasteiger partial charge in [-0.25, -0.2) is 14.3 Å². The molecule has 2 N–H and O–H groups in total. The van der Waals surface area contributed by atoms with E-state index in [1.54, 1.807) is 24.3 Å². The molecule has 7 nitrogen and oxygen atoms in total. The van der Waals surface area contributed by atoms with Gasteiger partial charge in [0, 0.05) is 11.6 Å². The largest absolute Gasteiger partial charge is 0.476 e. The van der Waals surface area contributed by atoms with Crippen LogP contribution in [0.15, 0.2) is 42.5 Å². The molecule has 0 bridgehead atoms. The zero-order valence-corrected chi connectivity index (χ0v) is 13.0. The minimum Gasteiger partial charge on any atom is -0.476 e. The van der Waals surface area contributed by atoms with E-state index < -0.39 is 11.8 Å². The molecule has 0 aliphatic rings. The second kappa shape index (κ2) is 7.16. The van der Waals surface area contributed by atoms with E-state index in [4.69, 9.17) is 15.1 Å². The number of carboxylic acid groups (broad SMARTS) is 1. The Bertz CT molecular complexity index is 1070.